The Morgan fingerprint density at radius 2 is 1.77 bits per heavy atom. The molecule has 1 fully saturated rings. The first-order chi connectivity index (χ1) is 14.5. The normalized spacial score (nSPS) is 16.8. The smallest absolute Gasteiger partial charge is 0.335 e. The van der Waals surface area contributed by atoms with Gasteiger partial charge in [0, 0.05) is 11.6 Å². The summed E-state index contributed by atoms with van der Waals surface area (Å²) < 4.78 is 16.4. The predicted octanol–water partition coefficient (Wildman–Crippen LogP) is 3.04. The third-order valence-corrected chi connectivity index (χ3v) is 4.81. The Morgan fingerprint density at radius 3 is 2.43 bits per heavy atom. The Kier molecular flexibility index (Phi) is 5.14. The fraction of sp³-hybridized carbons (Fsp3) is 0.227. The summed E-state index contributed by atoms with van der Waals surface area (Å²) in [4.78, 5) is 38.9. The lowest BCUT2D eigenvalue weighted by molar-refractivity contribution is -0.122. The molecule has 8 heteroatoms. The molecule has 1 saturated heterocycles. The van der Waals surface area contributed by atoms with E-state index in [2.05, 4.69) is 5.32 Å². The fourth-order valence-corrected chi connectivity index (χ4v) is 3.26. The number of benzene rings is 2. The lowest BCUT2D eigenvalue weighted by Gasteiger charge is -2.26. The molecule has 4 amide bonds. The second-order valence-electron chi connectivity index (χ2n) is 6.65. The van der Waals surface area contributed by atoms with E-state index in [9.17, 15) is 14.4 Å². The summed E-state index contributed by atoms with van der Waals surface area (Å²) in [5.74, 6) is -0.0462. The van der Waals surface area contributed by atoms with Gasteiger partial charge in [0.15, 0.2) is 11.5 Å². The van der Waals surface area contributed by atoms with Crippen molar-refractivity contribution in [1.82, 2.24) is 5.32 Å². The van der Waals surface area contributed by atoms with Gasteiger partial charge in [-0.2, -0.15) is 0 Å². The van der Waals surface area contributed by atoms with E-state index in [0.717, 1.165) is 16.9 Å². The average Bonchev–Trinajstić information content (AvgIpc) is 3.19. The maximum atomic E-state index is 13.1. The van der Waals surface area contributed by atoms with Crippen molar-refractivity contribution in [2.45, 2.75) is 20.3 Å². The Bertz CT molecular complexity index is 1060. The molecule has 2 aromatic carbocycles. The third-order valence-electron chi connectivity index (χ3n) is 4.81. The molecular weight excluding hydrogens is 388 g/mol. The molecule has 4 rings (SSSR count). The van der Waals surface area contributed by atoms with Crippen molar-refractivity contribution in [2.24, 2.45) is 0 Å². The summed E-state index contributed by atoms with van der Waals surface area (Å²) in [6.45, 7) is 4.29. The van der Waals surface area contributed by atoms with Crippen LogP contribution in [0.15, 0.2) is 42.0 Å². The van der Waals surface area contributed by atoms with Crippen molar-refractivity contribution < 1.29 is 28.6 Å². The van der Waals surface area contributed by atoms with E-state index in [1.54, 1.807) is 24.3 Å². The number of anilines is 1. The minimum atomic E-state index is -0.790. The SMILES string of the molecule is CCOc1cc2c(cc1C=C1C(=O)NC(=O)N(c3ccc(CC)cc3)C1=O)OCO2. The van der Waals surface area contributed by atoms with Crippen molar-refractivity contribution in [2.75, 3.05) is 18.3 Å². The van der Waals surface area contributed by atoms with Gasteiger partial charge < -0.3 is 14.2 Å². The average molecular weight is 408 g/mol. The van der Waals surface area contributed by atoms with Gasteiger partial charge in [-0.1, -0.05) is 19.1 Å². The molecule has 2 aliphatic rings. The number of urea groups is 1. The summed E-state index contributed by atoms with van der Waals surface area (Å²) in [5, 5.41) is 2.22. The number of carbonyl (C=O) groups is 3. The van der Waals surface area contributed by atoms with Gasteiger partial charge in [-0.3, -0.25) is 14.9 Å². The molecule has 0 aromatic heterocycles. The molecule has 2 aliphatic heterocycles. The predicted molar refractivity (Wildman–Crippen MR) is 109 cm³/mol. The van der Waals surface area contributed by atoms with Gasteiger partial charge in [0.2, 0.25) is 6.79 Å². The molecule has 0 radical (unpaired) electrons. The number of ether oxygens (including phenoxy) is 3. The van der Waals surface area contributed by atoms with Crippen molar-refractivity contribution in [1.29, 1.82) is 0 Å². The van der Waals surface area contributed by atoms with E-state index in [4.69, 9.17) is 14.2 Å². The Balaban J connectivity index is 1.74. The molecule has 1 N–H and O–H groups in total. The molecule has 30 heavy (non-hydrogen) atoms. The topological polar surface area (TPSA) is 94.2 Å². The summed E-state index contributed by atoms with van der Waals surface area (Å²) in [7, 11) is 0. The molecule has 0 unspecified atom stereocenters. The van der Waals surface area contributed by atoms with Crippen molar-refractivity contribution in [3.05, 3.63) is 53.1 Å². The van der Waals surface area contributed by atoms with Crippen LogP contribution in [0.3, 0.4) is 0 Å². The maximum absolute atomic E-state index is 13.1. The van der Waals surface area contributed by atoms with Crippen LogP contribution in [0.25, 0.3) is 6.08 Å². The van der Waals surface area contributed by atoms with E-state index in [0.29, 0.717) is 35.1 Å². The number of hydrogen-bond donors (Lipinski definition) is 1. The monoisotopic (exact) mass is 408 g/mol. The quantitative estimate of drug-likeness (QED) is 0.604. The third kappa shape index (κ3) is 3.47. The number of amides is 4. The van der Waals surface area contributed by atoms with Gasteiger partial charge in [0.25, 0.3) is 11.8 Å². The summed E-state index contributed by atoms with van der Waals surface area (Å²) in [6, 6.07) is 9.52. The molecule has 8 nitrogen and oxygen atoms in total. The highest BCUT2D eigenvalue weighted by atomic mass is 16.7. The van der Waals surface area contributed by atoms with Crippen LogP contribution in [0.5, 0.6) is 17.2 Å². The van der Waals surface area contributed by atoms with Crippen molar-refractivity contribution >= 4 is 29.6 Å². The van der Waals surface area contributed by atoms with Crippen molar-refractivity contribution in [3.63, 3.8) is 0 Å². The van der Waals surface area contributed by atoms with E-state index >= 15 is 0 Å². The van der Waals surface area contributed by atoms with Gasteiger partial charge in [-0.15, -0.1) is 0 Å². The number of nitrogens with one attached hydrogen (secondary N) is 1. The number of barbiturate groups is 1. The van der Waals surface area contributed by atoms with Crippen molar-refractivity contribution in [3.8, 4) is 17.2 Å². The zero-order valence-corrected chi connectivity index (χ0v) is 16.6. The van der Waals surface area contributed by atoms with Gasteiger partial charge >= 0.3 is 6.03 Å². The van der Waals surface area contributed by atoms with Crippen LogP contribution in [0.1, 0.15) is 25.0 Å². The van der Waals surface area contributed by atoms with Gasteiger partial charge in [-0.05, 0) is 43.2 Å². The minimum absolute atomic E-state index is 0.0797. The first kappa shape index (κ1) is 19.5. The maximum Gasteiger partial charge on any atom is 0.335 e. The highest BCUT2D eigenvalue weighted by Gasteiger charge is 2.37. The number of rotatable bonds is 5. The van der Waals surface area contributed by atoms with Crippen LogP contribution in [0.4, 0.5) is 10.5 Å². The van der Waals surface area contributed by atoms with Crippen LogP contribution < -0.4 is 24.4 Å². The molecule has 2 aromatic rings. The first-order valence-electron chi connectivity index (χ1n) is 9.58. The van der Waals surface area contributed by atoms with Crippen LogP contribution >= 0.6 is 0 Å². The fourth-order valence-electron chi connectivity index (χ4n) is 3.26. The summed E-state index contributed by atoms with van der Waals surface area (Å²) in [6.07, 6.45) is 2.22. The van der Waals surface area contributed by atoms with E-state index in [1.165, 1.54) is 6.08 Å². The Hall–Kier alpha value is -3.81. The number of carbonyl (C=O) groups excluding carboxylic acids is 3. The largest absolute Gasteiger partial charge is 0.493 e. The number of imide groups is 2. The van der Waals surface area contributed by atoms with E-state index in [1.807, 2.05) is 26.0 Å². The second kappa shape index (κ2) is 7.90. The first-order valence-corrected chi connectivity index (χ1v) is 9.58. The van der Waals surface area contributed by atoms with Crippen LogP contribution in [-0.4, -0.2) is 31.2 Å². The lowest BCUT2D eigenvalue weighted by Crippen LogP contribution is -2.54. The number of hydrogen-bond acceptors (Lipinski definition) is 6. The molecule has 0 aliphatic carbocycles. The highest BCUT2D eigenvalue weighted by molar-refractivity contribution is 6.39. The van der Waals surface area contributed by atoms with Crippen LogP contribution in [0.2, 0.25) is 0 Å². The summed E-state index contributed by atoms with van der Waals surface area (Å²) >= 11 is 0. The zero-order chi connectivity index (χ0) is 21.3. The van der Waals surface area contributed by atoms with E-state index < -0.39 is 17.8 Å². The standard InChI is InChI=1S/C22H20N2O6/c1-3-13-5-7-15(8-6-13)24-21(26)16(20(25)23-22(24)27)9-14-10-18-19(30-12-29-18)11-17(14)28-4-2/h5-11H,3-4,12H2,1-2H3,(H,23,25,27). The van der Waals surface area contributed by atoms with Gasteiger partial charge in [0.1, 0.15) is 11.3 Å². The minimum Gasteiger partial charge on any atom is -0.493 e. The molecule has 0 spiro atoms. The zero-order valence-electron chi connectivity index (χ0n) is 16.6. The Morgan fingerprint density at radius 1 is 1.07 bits per heavy atom. The lowest BCUT2D eigenvalue weighted by atomic mass is 10.0. The molecule has 2 heterocycles. The Labute approximate surface area is 173 Å². The molecule has 0 atom stereocenters. The summed E-state index contributed by atoms with van der Waals surface area (Å²) in [5.41, 5.74) is 1.73. The molecule has 154 valence electrons. The number of fused-ring (bicyclic) bond motifs is 1. The molecular formula is C22H20N2O6. The van der Waals surface area contributed by atoms with Crippen LogP contribution in [0, 0.1) is 0 Å². The molecule has 0 saturated carbocycles. The highest BCUT2D eigenvalue weighted by Crippen LogP contribution is 2.39. The van der Waals surface area contributed by atoms with E-state index in [-0.39, 0.29) is 12.4 Å². The number of nitrogens with zero attached hydrogens (tertiary/aromatic N) is 1. The second-order valence-corrected chi connectivity index (χ2v) is 6.65. The van der Waals surface area contributed by atoms with Crippen LogP contribution in [-0.2, 0) is 16.0 Å². The van der Waals surface area contributed by atoms with Gasteiger partial charge in [-0.25, -0.2) is 9.69 Å². The molecule has 0 bridgehead atoms. The number of aryl methyl sites for hydroxylation is 1. The van der Waals surface area contributed by atoms with Gasteiger partial charge in [0.05, 0.1) is 12.3 Å².